The summed E-state index contributed by atoms with van der Waals surface area (Å²) in [6.07, 6.45) is 1.70. The highest BCUT2D eigenvalue weighted by atomic mass is 16.5. The first-order valence-electron chi connectivity index (χ1n) is 8.06. The van der Waals surface area contributed by atoms with E-state index >= 15 is 0 Å². The average molecular weight is 303 g/mol. The van der Waals surface area contributed by atoms with Crippen LogP contribution in [0, 0.1) is 5.92 Å². The van der Waals surface area contributed by atoms with Crippen LogP contribution < -0.4 is 10.1 Å². The number of amides is 1. The van der Waals surface area contributed by atoms with Gasteiger partial charge < -0.3 is 14.5 Å². The van der Waals surface area contributed by atoms with Gasteiger partial charge in [0.15, 0.2) is 11.3 Å². The molecule has 120 valence electrons. The summed E-state index contributed by atoms with van der Waals surface area (Å²) in [5, 5.41) is 4.03. The van der Waals surface area contributed by atoms with Gasteiger partial charge in [0.05, 0.1) is 12.6 Å². The number of nitrogens with one attached hydrogen (secondary N) is 1. The van der Waals surface area contributed by atoms with Crippen LogP contribution in [0.5, 0.6) is 5.75 Å². The van der Waals surface area contributed by atoms with Crippen molar-refractivity contribution < 1.29 is 13.9 Å². The van der Waals surface area contributed by atoms with E-state index in [9.17, 15) is 4.79 Å². The molecule has 1 heterocycles. The van der Waals surface area contributed by atoms with Crippen LogP contribution in [0.1, 0.15) is 52.3 Å². The van der Waals surface area contributed by atoms with Crippen molar-refractivity contribution in [3.05, 3.63) is 30.0 Å². The SMILES string of the molecule is CCOc1cccc2cc(C(C)NC(=O)C(CC)CC)oc12. The Morgan fingerprint density at radius 1 is 1.27 bits per heavy atom. The molecule has 4 heteroatoms. The number of hydrogen-bond donors (Lipinski definition) is 1. The van der Waals surface area contributed by atoms with Crippen molar-refractivity contribution in [2.24, 2.45) is 5.92 Å². The molecule has 0 fully saturated rings. The minimum atomic E-state index is -0.157. The third-order valence-corrected chi connectivity index (χ3v) is 3.97. The highest BCUT2D eigenvalue weighted by molar-refractivity contribution is 5.84. The van der Waals surface area contributed by atoms with Gasteiger partial charge in [0.1, 0.15) is 5.76 Å². The highest BCUT2D eigenvalue weighted by Gasteiger charge is 2.20. The Balaban J connectivity index is 2.20. The van der Waals surface area contributed by atoms with Crippen molar-refractivity contribution in [2.75, 3.05) is 6.61 Å². The van der Waals surface area contributed by atoms with Gasteiger partial charge in [-0.15, -0.1) is 0 Å². The molecule has 0 aliphatic carbocycles. The molecule has 1 aromatic heterocycles. The van der Waals surface area contributed by atoms with Crippen LogP contribution in [0.3, 0.4) is 0 Å². The summed E-state index contributed by atoms with van der Waals surface area (Å²) in [6.45, 7) is 8.55. The van der Waals surface area contributed by atoms with E-state index in [1.54, 1.807) is 0 Å². The lowest BCUT2D eigenvalue weighted by Gasteiger charge is -2.16. The van der Waals surface area contributed by atoms with Crippen LogP contribution in [0.4, 0.5) is 0 Å². The summed E-state index contributed by atoms with van der Waals surface area (Å²) in [5.74, 6) is 1.64. The lowest BCUT2D eigenvalue weighted by atomic mass is 10.0. The second-order valence-corrected chi connectivity index (χ2v) is 5.50. The topological polar surface area (TPSA) is 51.5 Å². The highest BCUT2D eigenvalue weighted by Crippen LogP contribution is 2.31. The molecule has 0 bridgehead atoms. The van der Waals surface area contributed by atoms with Crippen LogP contribution in [0.2, 0.25) is 0 Å². The van der Waals surface area contributed by atoms with E-state index in [1.165, 1.54) is 0 Å². The fourth-order valence-corrected chi connectivity index (χ4v) is 2.60. The first kappa shape index (κ1) is 16.4. The number of fused-ring (bicyclic) bond motifs is 1. The lowest BCUT2D eigenvalue weighted by molar-refractivity contribution is -0.126. The molecule has 1 N–H and O–H groups in total. The fraction of sp³-hybridized carbons (Fsp3) is 0.500. The molecule has 0 radical (unpaired) electrons. The van der Waals surface area contributed by atoms with E-state index in [2.05, 4.69) is 5.32 Å². The molecule has 0 aliphatic rings. The van der Waals surface area contributed by atoms with E-state index in [0.29, 0.717) is 6.61 Å². The summed E-state index contributed by atoms with van der Waals surface area (Å²) in [7, 11) is 0. The van der Waals surface area contributed by atoms with Gasteiger partial charge in [-0.25, -0.2) is 0 Å². The van der Waals surface area contributed by atoms with Gasteiger partial charge in [0.25, 0.3) is 0 Å². The zero-order valence-corrected chi connectivity index (χ0v) is 13.8. The molecule has 0 spiro atoms. The molecule has 1 amide bonds. The molecule has 1 aromatic carbocycles. The Morgan fingerprint density at radius 3 is 2.64 bits per heavy atom. The Bertz CT molecular complexity index is 628. The Morgan fingerprint density at radius 2 is 2.00 bits per heavy atom. The molecule has 1 unspecified atom stereocenters. The maximum absolute atomic E-state index is 12.2. The maximum Gasteiger partial charge on any atom is 0.223 e. The molecule has 2 aromatic rings. The summed E-state index contributed by atoms with van der Waals surface area (Å²) in [5.41, 5.74) is 0.739. The lowest BCUT2D eigenvalue weighted by Crippen LogP contribution is -2.32. The van der Waals surface area contributed by atoms with Gasteiger partial charge in [-0.05, 0) is 38.8 Å². The maximum atomic E-state index is 12.2. The van der Waals surface area contributed by atoms with Crippen LogP contribution in [0.15, 0.2) is 28.7 Å². The number of carbonyl (C=O) groups is 1. The van der Waals surface area contributed by atoms with Crippen molar-refractivity contribution >= 4 is 16.9 Å². The van der Waals surface area contributed by atoms with Crippen molar-refractivity contribution in [2.45, 2.75) is 46.6 Å². The second-order valence-electron chi connectivity index (χ2n) is 5.50. The smallest absolute Gasteiger partial charge is 0.223 e. The standard InChI is InChI=1S/C18H25NO3/c1-5-13(6-2)18(20)19-12(4)16-11-14-9-8-10-15(21-7-3)17(14)22-16/h8-13H,5-7H2,1-4H3,(H,19,20). The number of ether oxygens (including phenoxy) is 1. The predicted octanol–water partition coefficient (Wildman–Crippen LogP) is 4.44. The van der Waals surface area contributed by atoms with Gasteiger partial charge >= 0.3 is 0 Å². The first-order valence-corrected chi connectivity index (χ1v) is 8.06. The number of benzene rings is 1. The van der Waals surface area contributed by atoms with Gasteiger partial charge in [-0.1, -0.05) is 26.0 Å². The zero-order valence-electron chi connectivity index (χ0n) is 13.8. The number of carbonyl (C=O) groups excluding carboxylic acids is 1. The van der Waals surface area contributed by atoms with Crippen LogP contribution in [0.25, 0.3) is 11.0 Å². The Kier molecular flexibility index (Phi) is 5.47. The van der Waals surface area contributed by atoms with Crippen molar-refractivity contribution in [1.29, 1.82) is 0 Å². The molecule has 1 atom stereocenters. The van der Waals surface area contributed by atoms with E-state index in [4.69, 9.17) is 9.15 Å². The summed E-state index contributed by atoms with van der Waals surface area (Å²) in [4.78, 5) is 12.2. The van der Waals surface area contributed by atoms with Crippen LogP contribution >= 0.6 is 0 Å². The Labute approximate surface area is 131 Å². The van der Waals surface area contributed by atoms with Crippen LogP contribution in [-0.2, 0) is 4.79 Å². The summed E-state index contributed by atoms with van der Waals surface area (Å²) < 4.78 is 11.5. The predicted molar refractivity (Wildman–Crippen MR) is 88.0 cm³/mol. The van der Waals surface area contributed by atoms with E-state index < -0.39 is 0 Å². The number of hydrogen-bond acceptors (Lipinski definition) is 3. The minimum absolute atomic E-state index is 0.0609. The van der Waals surface area contributed by atoms with E-state index in [1.807, 2.05) is 52.0 Å². The van der Waals surface area contributed by atoms with E-state index in [-0.39, 0.29) is 17.9 Å². The second kappa shape index (κ2) is 7.34. The van der Waals surface area contributed by atoms with Crippen molar-refractivity contribution in [3.8, 4) is 5.75 Å². The average Bonchev–Trinajstić information content (AvgIpc) is 2.94. The number of furan rings is 1. The van der Waals surface area contributed by atoms with Gasteiger partial charge in [-0.3, -0.25) is 4.79 Å². The largest absolute Gasteiger partial charge is 0.490 e. The van der Waals surface area contributed by atoms with Gasteiger partial charge in [-0.2, -0.15) is 0 Å². The van der Waals surface area contributed by atoms with E-state index in [0.717, 1.165) is 35.3 Å². The normalized spacial score (nSPS) is 12.6. The zero-order chi connectivity index (χ0) is 16.1. The van der Waals surface area contributed by atoms with Crippen LogP contribution in [-0.4, -0.2) is 12.5 Å². The molecular formula is C18H25NO3. The quantitative estimate of drug-likeness (QED) is 0.822. The number of rotatable bonds is 7. The minimum Gasteiger partial charge on any atom is -0.490 e. The molecular weight excluding hydrogens is 278 g/mol. The molecule has 0 saturated heterocycles. The molecule has 22 heavy (non-hydrogen) atoms. The molecule has 2 rings (SSSR count). The third kappa shape index (κ3) is 3.43. The number of para-hydroxylation sites is 1. The molecule has 4 nitrogen and oxygen atoms in total. The molecule has 0 aliphatic heterocycles. The van der Waals surface area contributed by atoms with Crippen molar-refractivity contribution in [3.63, 3.8) is 0 Å². The first-order chi connectivity index (χ1) is 10.6. The summed E-state index contributed by atoms with van der Waals surface area (Å²) >= 11 is 0. The Hall–Kier alpha value is -1.97. The monoisotopic (exact) mass is 303 g/mol. The molecule has 0 saturated carbocycles. The van der Waals surface area contributed by atoms with Gasteiger partial charge in [0.2, 0.25) is 5.91 Å². The third-order valence-electron chi connectivity index (χ3n) is 3.97. The fourth-order valence-electron chi connectivity index (χ4n) is 2.60. The van der Waals surface area contributed by atoms with Gasteiger partial charge in [0, 0.05) is 11.3 Å². The van der Waals surface area contributed by atoms with Crippen molar-refractivity contribution in [1.82, 2.24) is 5.32 Å². The summed E-state index contributed by atoms with van der Waals surface area (Å²) in [6, 6.07) is 7.64.